The summed E-state index contributed by atoms with van der Waals surface area (Å²) in [7, 11) is 0. The molecular formula is C22H30FN3O2. The van der Waals surface area contributed by atoms with Gasteiger partial charge in [0.2, 0.25) is 11.8 Å². The van der Waals surface area contributed by atoms with Gasteiger partial charge in [0.15, 0.2) is 0 Å². The zero-order chi connectivity index (χ0) is 19.5. The van der Waals surface area contributed by atoms with Crippen molar-refractivity contribution in [3.63, 3.8) is 0 Å². The summed E-state index contributed by atoms with van der Waals surface area (Å²) in [5.41, 5.74) is 0.650. The Morgan fingerprint density at radius 1 is 0.857 bits per heavy atom. The maximum absolute atomic E-state index is 13.0. The molecule has 2 aliphatic heterocycles. The van der Waals surface area contributed by atoms with E-state index < -0.39 is 0 Å². The molecule has 0 bridgehead atoms. The second-order valence-electron chi connectivity index (χ2n) is 8.49. The van der Waals surface area contributed by atoms with Gasteiger partial charge in [-0.1, -0.05) is 6.42 Å². The van der Waals surface area contributed by atoms with Crippen LogP contribution in [0.4, 0.5) is 10.1 Å². The molecule has 1 aliphatic carbocycles. The highest BCUT2D eigenvalue weighted by Crippen LogP contribution is 2.30. The number of piperidine rings is 2. The molecule has 0 unspecified atom stereocenters. The maximum atomic E-state index is 13.0. The molecule has 3 fully saturated rings. The molecule has 6 heteroatoms. The first-order valence-corrected chi connectivity index (χ1v) is 10.7. The van der Waals surface area contributed by atoms with E-state index in [0.717, 1.165) is 64.7 Å². The minimum absolute atomic E-state index is 0.0154. The van der Waals surface area contributed by atoms with Crippen molar-refractivity contribution in [3.8, 4) is 0 Å². The molecule has 1 aromatic rings. The zero-order valence-electron chi connectivity index (χ0n) is 16.4. The van der Waals surface area contributed by atoms with Gasteiger partial charge in [0.05, 0.1) is 0 Å². The van der Waals surface area contributed by atoms with Crippen LogP contribution in [0.1, 0.15) is 44.9 Å². The van der Waals surface area contributed by atoms with Crippen LogP contribution in [0.5, 0.6) is 0 Å². The van der Waals surface area contributed by atoms with Crippen molar-refractivity contribution in [1.82, 2.24) is 9.80 Å². The SMILES string of the molecule is O=C(Nc1ccc(F)cc1)C1CCN(C2CCN(C(=O)C3CCC3)CC2)CC1. The minimum atomic E-state index is -0.299. The number of carbonyl (C=O) groups excluding carboxylic acids is 2. The number of benzene rings is 1. The van der Waals surface area contributed by atoms with Crippen molar-refractivity contribution >= 4 is 17.5 Å². The molecule has 0 radical (unpaired) electrons. The molecule has 1 N–H and O–H groups in total. The van der Waals surface area contributed by atoms with E-state index in [1.54, 1.807) is 12.1 Å². The second-order valence-corrected chi connectivity index (χ2v) is 8.49. The van der Waals surface area contributed by atoms with Crippen molar-refractivity contribution in [2.45, 2.75) is 51.0 Å². The number of amides is 2. The molecule has 152 valence electrons. The Labute approximate surface area is 166 Å². The Morgan fingerprint density at radius 2 is 1.50 bits per heavy atom. The van der Waals surface area contributed by atoms with Gasteiger partial charge in [0.1, 0.15) is 5.82 Å². The lowest BCUT2D eigenvalue weighted by atomic mass is 9.84. The fourth-order valence-corrected chi connectivity index (χ4v) is 4.67. The number of likely N-dealkylation sites (tertiary alicyclic amines) is 2. The summed E-state index contributed by atoms with van der Waals surface area (Å²) >= 11 is 0. The number of carbonyl (C=O) groups is 2. The van der Waals surface area contributed by atoms with Gasteiger partial charge in [-0.3, -0.25) is 9.59 Å². The number of hydrogen-bond donors (Lipinski definition) is 1. The van der Waals surface area contributed by atoms with Gasteiger partial charge in [-0.2, -0.15) is 0 Å². The number of nitrogens with one attached hydrogen (secondary N) is 1. The Balaban J connectivity index is 1.20. The van der Waals surface area contributed by atoms with Gasteiger partial charge >= 0.3 is 0 Å². The number of nitrogens with zero attached hydrogens (tertiary/aromatic N) is 2. The molecule has 3 aliphatic rings. The monoisotopic (exact) mass is 387 g/mol. The summed E-state index contributed by atoms with van der Waals surface area (Å²) in [6, 6.07) is 6.45. The Morgan fingerprint density at radius 3 is 2.07 bits per heavy atom. The Hall–Kier alpha value is -1.95. The highest BCUT2D eigenvalue weighted by molar-refractivity contribution is 5.92. The lowest BCUT2D eigenvalue weighted by Gasteiger charge is -2.42. The fraction of sp³-hybridized carbons (Fsp3) is 0.636. The molecule has 4 rings (SSSR count). The number of rotatable bonds is 4. The van der Waals surface area contributed by atoms with Crippen molar-refractivity contribution in [2.75, 3.05) is 31.5 Å². The molecular weight excluding hydrogens is 357 g/mol. The van der Waals surface area contributed by atoms with E-state index in [1.165, 1.54) is 18.6 Å². The summed E-state index contributed by atoms with van der Waals surface area (Å²) in [5, 5.41) is 2.90. The van der Waals surface area contributed by atoms with Crippen LogP contribution in [0.2, 0.25) is 0 Å². The highest BCUT2D eigenvalue weighted by atomic mass is 19.1. The summed E-state index contributed by atoms with van der Waals surface area (Å²) in [6.07, 6.45) is 7.16. The molecule has 0 spiro atoms. The lowest BCUT2D eigenvalue weighted by molar-refractivity contribution is -0.140. The number of anilines is 1. The van der Waals surface area contributed by atoms with Crippen LogP contribution in [-0.2, 0) is 9.59 Å². The van der Waals surface area contributed by atoms with E-state index in [4.69, 9.17) is 0 Å². The largest absolute Gasteiger partial charge is 0.342 e. The predicted octanol–water partition coefficient (Wildman–Crippen LogP) is 3.27. The summed E-state index contributed by atoms with van der Waals surface area (Å²) in [6.45, 7) is 3.63. The predicted molar refractivity (Wildman–Crippen MR) is 106 cm³/mol. The van der Waals surface area contributed by atoms with Crippen LogP contribution in [0.3, 0.4) is 0 Å². The second kappa shape index (κ2) is 8.60. The van der Waals surface area contributed by atoms with Gasteiger partial charge in [0, 0.05) is 36.7 Å². The third-order valence-electron chi connectivity index (χ3n) is 6.76. The van der Waals surface area contributed by atoms with Gasteiger partial charge in [-0.25, -0.2) is 4.39 Å². The quantitative estimate of drug-likeness (QED) is 0.863. The highest BCUT2D eigenvalue weighted by Gasteiger charge is 2.34. The standard InChI is InChI=1S/C22H30FN3O2/c23-18-4-6-19(7-5-18)24-21(27)16-8-12-25(13-9-16)20-10-14-26(15-11-20)22(28)17-2-1-3-17/h4-7,16-17,20H,1-3,8-15H2,(H,24,27). The minimum Gasteiger partial charge on any atom is -0.342 e. The summed E-state index contributed by atoms with van der Waals surface area (Å²) in [4.78, 5) is 29.5. The van der Waals surface area contributed by atoms with Gasteiger partial charge in [-0.15, -0.1) is 0 Å². The summed E-state index contributed by atoms with van der Waals surface area (Å²) < 4.78 is 13.0. The molecule has 0 atom stereocenters. The van der Waals surface area contributed by atoms with Crippen LogP contribution in [0.25, 0.3) is 0 Å². The molecule has 2 amide bonds. The maximum Gasteiger partial charge on any atom is 0.227 e. The van der Waals surface area contributed by atoms with E-state index in [9.17, 15) is 14.0 Å². The topological polar surface area (TPSA) is 52.7 Å². The Bertz CT molecular complexity index is 688. The van der Waals surface area contributed by atoms with Crippen LogP contribution < -0.4 is 5.32 Å². The van der Waals surface area contributed by atoms with E-state index in [1.807, 2.05) is 0 Å². The van der Waals surface area contributed by atoms with Gasteiger partial charge in [-0.05, 0) is 75.9 Å². The average molecular weight is 387 g/mol. The van der Waals surface area contributed by atoms with Crippen molar-refractivity contribution in [1.29, 1.82) is 0 Å². The molecule has 1 aromatic carbocycles. The van der Waals surface area contributed by atoms with Gasteiger partial charge in [0.25, 0.3) is 0 Å². The molecule has 1 saturated carbocycles. The zero-order valence-corrected chi connectivity index (χ0v) is 16.4. The Kier molecular flexibility index (Phi) is 5.95. The molecule has 28 heavy (non-hydrogen) atoms. The molecule has 5 nitrogen and oxygen atoms in total. The van der Waals surface area contributed by atoms with E-state index in [0.29, 0.717) is 23.6 Å². The molecule has 2 heterocycles. The van der Waals surface area contributed by atoms with Crippen molar-refractivity contribution in [2.24, 2.45) is 11.8 Å². The lowest BCUT2D eigenvalue weighted by Crippen LogP contribution is -2.51. The van der Waals surface area contributed by atoms with Crippen LogP contribution in [-0.4, -0.2) is 53.8 Å². The number of hydrogen-bond acceptors (Lipinski definition) is 3. The van der Waals surface area contributed by atoms with E-state index in [2.05, 4.69) is 15.1 Å². The molecule has 2 saturated heterocycles. The van der Waals surface area contributed by atoms with Gasteiger partial charge < -0.3 is 15.1 Å². The van der Waals surface area contributed by atoms with Crippen LogP contribution in [0.15, 0.2) is 24.3 Å². The van der Waals surface area contributed by atoms with Crippen molar-refractivity contribution in [3.05, 3.63) is 30.1 Å². The summed E-state index contributed by atoms with van der Waals surface area (Å²) in [5.74, 6) is 0.424. The third-order valence-corrected chi connectivity index (χ3v) is 6.76. The first-order chi connectivity index (χ1) is 13.6. The molecule has 0 aromatic heterocycles. The third kappa shape index (κ3) is 4.37. The first-order valence-electron chi connectivity index (χ1n) is 10.7. The number of halogens is 1. The normalized spacial score (nSPS) is 22.7. The van der Waals surface area contributed by atoms with E-state index >= 15 is 0 Å². The van der Waals surface area contributed by atoms with E-state index in [-0.39, 0.29) is 17.6 Å². The average Bonchev–Trinajstić information content (AvgIpc) is 2.68. The fourth-order valence-electron chi connectivity index (χ4n) is 4.67. The first kappa shape index (κ1) is 19.4. The van der Waals surface area contributed by atoms with Crippen molar-refractivity contribution < 1.29 is 14.0 Å². The smallest absolute Gasteiger partial charge is 0.227 e. The van der Waals surface area contributed by atoms with Crippen LogP contribution in [0, 0.1) is 17.7 Å². The van der Waals surface area contributed by atoms with Crippen LogP contribution >= 0.6 is 0 Å².